The highest BCUT2D eigenvalue weighted by molar-refractivity contribution is 6.30. The number of nitrogens with zero attached hydrogens (tertiary/aromatic N) is 3. The molecule has 1 atom stereocenters. The number of aromatic nitrogens is 3. The monoisotopic (exact) mass is 387 g/mol. The Balaban J connectivity index is 1.91. The first-order valence-electron chi connectivity index (χ1n) is 8.10. The minimum absolute atomic E-state index is 0.127. The van der Waals surface area contributed by atoms with Gasteiger partial charge in [-0.2, -0.15) is 5.10 Å². The van der Waals surface area contributed by atoms with Crippen molar-refractivity contribution in [2.75, 3.05) is 7.11 Å². The molecule has 7 nitrogen and oxygen atoms in total. The van der Waals surface area contributed by atoms with Gasteiger partial charge in [-0.05, 0) is 54.4 Å². The van der Waals surface area contributed by atoms with Crippen LogP contribution in [0.4, 0.5) is 0 Å². The van der Waals surface area contributed by atoms with Gasteiger partial charge in [0.2, 0.25) is 5.60 Å². The SMILES string of the molecule is COC(=O)C(O)(Cn1cncn1)c1ccc(Oc2ccc(Cl)cc2)cc1C. The zero-order valence-electron chi connectivity index (χ0n) is 14.8. The summed E-state index contributed by atoms with van der Waals surface area (Å²) >= 11 is 5.87. The Morgan fingerprint density at radius 1 is 1.22 bits per heavy atom. The summed E-state index contributed by atoms with van der Waals surface area (Å²) in [7, 11) is 1.22. The van der Waals surface area contributed by atoms with E-state index < -0.39 is 11.6 Å². The van der Waals surface area contributed by atoms with Crippen molar-refractivity contribution in [1.29, 1.82) is 0 Å². The number of ether oxygens (including phenoxy) is 2. The fraction of sp³-hybridized carbons (Fsp3) is 0.211. The van der Waals surface area contributed by atoms with Crippen LogP contribution < -0.4 is 4.74 Å². The molecule has 0 aliphatic carbocycles. The molecular weight excluding hydrogens is 370 g/mol. The standard InChI is InChI=1S/C19H18ClN3O4/c1-13-9-16(27-15-5-3-14(20)4-6-15)7-8-17(13)19(25,18(24)26-2)10-23-12-21-11-22-23/h3-9,11-12,25H,10H2,1-2H3. The van der Waals surface area contributed by atoms with Gasteiger partial charge in [0.05, 0.1) is 13.7 Å². The number of carbonyl (C=O) groups excluding carboxylic acids is 1. The van der Waals surface area contributed by atoms with Gasteiger partial charge in [0.15, 0.2) is 0 Å². The molecule has 140 valence electrons. The number of halogens is 1. The first-order chi connectivity index (χ1) is 12.9. The van der Waals surface area contributed by atoms with Crippen LogP contribution in [0.1, 0.15) is 11.1 Å². The van der Waals surface area contributed by atoms with Crippen molar-refractivity contribution in [3.05, 3.63) is 71.3 Å². The lowest BCUT2D eigenvalue weighted by Crippen LogP contribution is -2.41. The van der Waals surface area contributed by atoms with Gasteiger partial charge in [-0.15, -0.1) is 0 Å². The Hall–Kier alpha value is -2.90. The van der Waals surface area contributed by atoms with E-state index >= 15 is 0 Å². The van der Waals surface area contributed by atoms with Gasteiger partial charge >= 0.3 is 5.97 Å². The molecular formula is C19H18ClN3O4. The minimum atomic E-state index is -1.91. The van der Waals surface area contributed by atoms with Gasteiger partial charge in [-0.1, -0.05) is 17.7 Å². The molecule has 3 rings (SSSR count). The van der Waals surface area contributed by atoms with E-state index in [2.05, 4.69) is 10.1 Å². The molecule has 0 saturated heterocycles. The maximum Gasteiger partial charge on any atom is 0.344 e. The Kier molecular flexibility index (Phi) is 5.43. The van der Waals surface area contributed by atoms with E-state index in [4.69, 9.17) is 21.1 Å². The predicted octanol–water partition coefficient (Wildman–Crippen LogP) is 3.09. The van der Waals surface area contributed by atoms with Crippen LogP contribution in [0.5, 0.6) is 11.5 Å². The summed E-state index contributed by atoms with van der Waals surface area (Å²) in [5, 5.41) is 15.7. The van der Waals surface area contributed by atoms with Crippen molar-refractivity contribution in [3.8, 4) is 11.5 Å². The van der Waals surface area contributed by atoms with Gasteiger partial charge in [0, 0.05) is 5.02 Å². The number of benzene rings is 2. The maximum absolute atomic E-state index is 12.3. The molecule has 1 unspecified atom stereocenters. The van der Waals surface area contributed by atoms with Gasteiger partial charge in [-0.25, -0.2) is 14.5 Å². The minimum Gasteiger partial charge on any atom is -0.467 e. The number of rotatable bonds is 6. The van der Waals surface area contributed by atoms with E-state index in [0.29, 0.717) is 27.6 Å². The summed E-state index contributed by atoms with van der Waals surface area (Å²) in [5.41, 5.74) is -0.853. The lowest BCUT2D eigenvalue weighted by atomic mass is 9.90. The molecule has 1 heterocycles. The van der Waals surface area contributed by atoms with Crippen LogP contribution in [-0.2, 0) is 21.7 Å². The molecule has 0 bridgehead atoms. The average molecular weight is 388 g/mol. The molecule has 0 aliphatic rings. The van der Waals surface area contributed by atoms with Crippen LogP contribution in [0.3, 0.4) is 0 Å². The van der Waals surface area contributed by atoms with Gasteiger partial charge in [-0.3, -0.25) is 0 Å². The molecule has 0 radical (unpaired) electrons. The van der Waals surface area contributed by atoms with Crippen LogP contribution in [0.15, 0.2) is 55.1 Å². The number of carbonyl (C=O) groups is 1. The third kappa shape index (κ3) is 4.10. The largest absolute Gasteiger partial charge is 0.467 e. The van der Waals surface area contributed by atoms with Crippen molar-refractivity contribution < 1.29 is 19.4 Å². The van der Waals surface area contributed by atoms with Gasteiger partial charge in [0.1, 0.15) is 24.2 Å². The third-order valence-electron chi connectivity index (χ3n) is 4.07. The normalized spacial score (nSPS) is 13.0. The van der Waals surface area contributed by atoms with Crippen molar-refractivity contribution in [2.45, 2.75) is 19.1 Å². The highest BCUT2D eigenvalue weighted by atomic mass is 35.5. The molecule has 0 spiro atoms. The number of hydrogen-bond acceptors (Lipinski definition) is 6. The second kappa shape index (κ2) is 7.77. The Bertz CT molecular complexity index is 929. The fourth-order valence-corrected chi connectivity index (χ4v) is 2.91. The predicted molar refractivity (Wildman–Crippen MR) is 98.6 cm³/mol. The molecule has 27 heavy (non-hydrogen) atoms. The number of esters is 1. The Morgan fingerprint density at radius 3 is 2.52 bits per heavy atom. The molecule has 1 aromatic heterocycles. The summed E-state index contributed by atoms with van der Waals surface area (Å²) in [6.07, 6.45) is 2.74. The third-order valence-corrected chi connectivity index (χ3v) is 4.33. The van der Waals surface area contributed by atoms with E-state index in [9.17, 15) is 9.90 Å². The van der Waals surface area contributed by atoms with Crippen LogP contribution in [0.25, 0.3) is 0 Å². The van der Waals surface area contributed by atoms with Crippen molar-refractivity contribution in [1.82, 2.24) is 14.8 Å². The zero-order valence-corrected chi connectivity index (χ0v) is 15.6. The highest BCUT2D eigenvalue weighted by Crippen LogP contribution is 2.32. The number of aryl methyl sites for hydroxylation is 1. The van der Waals surface area contributed by atoms with E-state index in [0.717, 1.165) is 0 Å². The summed E-state index contributed by atoms with van der Waals surface area (Å²) in [4.78, 5) is 16.2. The number of aliphatic hydroxyl groups is 1. The van der Waals surface area contributed by atoms with Crippen molar-refractivity contribution >= 4 is 17.6 Å². The van der Waals surface area contributed by atoms with E-state index in [1.165, 1.54) is 24.4 Å². The van der Waals surface area contributed by atoms with Crippen molar-refractivity contribution in [2.24, 2.45) is 0 Å². The van der Waals surface area contributed by atoms with Gasteiger partial charge in [0.25, 0.3) is 0 Å². The summed E-state index contributed by atoms with van der Waals surface area (Å²) in [5.74, 6) is 0.399. The highest BCUT2D eigenvalue weighted by Gasteiger charge is 2.41. The summed E-state index contributed by atoms with van der Waals surface area (Å²) in [6.45, 7) is 1.65. The molecule has 0 fully saturated rings. The van der Waals surface area contributed by atoms with E-state index in [-0.39, 0.29) is 6.54 Å². The molecule has 0 aliphatic heterocycles. The molecule has 1 N–H and O–H groups in total. The number of hydrogen-bond donors (Lipinski definition) is 1. The molecule has 8 heteroatoms. The molecule has 2 aromatic carbocycles. The van der Waals surface area contributed by atoms with Crippen molar-refractivity contribution in [3.63, 3.8) is 0 Å². The Labute approximate surface area is 161 Å². The van der Waals surface area contributed by atoms with E-state index in [1.54, 1.807) is 49.4 Å². The van der Waals surface area contributed by atoms with Crippen LogP contribution in [0, 0.1) is 6.92 Å². The van der Waals surface area contributed by atoms with Crippen LogP contribution >= 0.6 is 11.6 Å². The first kappa shape index (κ1) is 18.9. The first-order valence-corrected chi connectivity index (χ1v) is 8.48. The summed E-state index contributed by atoms with van der Waals surface area (Å²) < 4.78 is 12.0. The Morgan fingerprint density at radius 2 is 1.93 bits per heavy atom. The number of methoxy groups -OCH3 is 1. The fourth-order valence-electron chi connectivity index (χ4n) is 2.78. The summed E-state index contributed by atoms with van der Waals surface area (Å²) in [6, 6.07) is 12.0. The van der Waals surface area contributed by atoms with Gasteiger partial charge < -0.3 is 14.6 Å². The smallest absolute Gasteiger partial charge is 0.344 e. The molecule has 0 saturated carbocycles. The van der Waals surface area contributed by atoms with Crippen LogP contribution in [0.2, 0.25) is 5.02 Å². The second-order valence-corrected chi connectivity index (χ2v) is 6.41. The quantitative estimate of drug-likeness (QED) is 0.654. The lowest BCUT2D eigenvalue weighted by Gasteiger charge is -2.27. The zero-order chi connectivity index (χ0) is 19.4. The molecule has 0 amide bonds. The van der Waals surface area contributed by atoms with E-state index in [1.807, 2.05) is 0 Å². The maximum atomic E-state index is 12.3. The second-order valence-electron chi connectivity index (χ2n) is 5.98. The van der Waals surface area contributed by atoms with Crippen LogP contribution in [-0.4, -0.2) is 33.0 Å². The average Bonchev–Trinajstić information content (AvgIpc) is 3.15. The molecule has 3 aromatic rings. The lowest BCUT2D eigenvalue weighted by molar-refractivity contribution is -0.165. The topological polar surface area (TPSA) is 86.5 Å².